The molecule has 0 fully saturated rings. The van der Waals surface area contributed by atoms with E-state index >= 15 is 0 Å². The molecule has 2 heterocycles. The van der Waals surface area contributed by atoms with Crippen LogP contribution in [-0.4, -0.2) is 19.9 Å². The maximum absolute atomic E-state index is 13.7. The quantitative estimate of drug-likeness (QED) is 0.212. The average Bonchev–Trinajstić information content (AvgIpc) is 3.65. The molecule has 1 atom stereocenters. The van der Waals surface area contributed by atoms with Gasteiger partial charge >= 0.3 is 0 Å². The Hall–Kier alpha value is -5.75. The molecule has 0 bridgehead atoms. The van der Waals surface area contributed by atoms with Gasteiger partial charge in [0.1, 0.15) is 11.6 Å². The van der Waals surface area contributed by atoms with E-state index in [1.807, 2.05) is 12.1 Å². The molecule has 1 unspecified atom stereocenters. The summed E-state index contributed by atoms with van der Waals surface area (Å²) in [4.78, 5) is 18.0. The lowest BCUT2D eigenvalue weighted by molar-refractivity contribution is 0.453. The van der Waals surface area contributed by atoms with E-state index in [0.717, 1.165) is 12.0 Å². The Balaban J connectivity index is 1.10. The minimum absolute atomic E-state index is 0.0515. The Morgan fingerprint density at radius 3 is 1.83 bits per heavy atom. The van der Waals surface area contributed by atoms with Crippen LogP contribution in [0.1, 0.15) is 42.9 Å². The highest BCUT2D eigenvalue weighted by Gasteiger charge is 2.33. The second kappa shape index (κ2) is 10.6. The number of nitrogens with one attached hydrogen (secondary N) is 1. The summed E-state index contributed by atoms with van der Waals surface area (Å²) in [6.07, 6.45) is 5.63. The molecule has 6 heteroatoms. The topological polar surface area (TPSA) is 54.5 Å². The molecule has 5 aromatic carbocycles. The predicted octanol–water partition coefficient (Wildman–Crippen LogP) is 8.69. The summed E-state index contributed by atoms with van der Waals surface area (Å²) in [6.45, 7) is 4.69. The first-order valence-electron chi connectivity index (χ1n) is 16.2. The Morgan fingerprint density at radius 1 is 0.667 bits per heavy atom. The van der Waals surface area contributed by atoms with Crippen LogP contribution in [0.3, 0.4) is 0 Å². The molecule has 48 heavy (non-hydrogen) atoms. The Labute approximate surface area is 276 Å². The Bertz CT molecular complexity index is 2450. The number of hydrogen-bond donors (Lipinski definition) is 1. The van der Waals surface area contributed by atoms with E-state index in [4.69, 9.17) is 9.97 Å². The number of fused-ring (bicyclic) bond motifs is 6. The van der Waals surface area contributed by atoms with Crippen LogP contribution in [0.15, 0.2) is 109 Å². The zero-order valence-electron chi connectivity index (χ0n) is 26.4. The van der Waals surface area contributed by atoms with Crippen LogP contribution in [0.5, 0.6) is 0 Å². The highest BCUT2D eigenvalue weighted by molar-refractivity contribution is 5.94. The summed E-state index contributed by atoms with van der Waals surface area (Å²) in [7, 11) is 0. The molecule has 1 N–H and O–H groups in total. The van der Waals surface area contributed by atoms with E-state index in [9.17, 15) is 8.78 Å². The van der Waals surface area contributed by atoms with Crippen LogP contribution in [0.4, 0.5) is 8.78 Å². The van der Waals surface area contributed by atoms with Gasteiger partial charge in [-0.1, -0.05) is 68.5 Å². The van der Waals surface area contributed by atoms with Crippen molar-refractivity contribution in [3.8, 4) is 45.3 Å². The van der Waals surface area contributed by atoms with Crippen molar-refractivity contribution in [1.82, 2.24) is 19.9 Å². The molecule has 0 saturated heterocycles. The molecule has 0 amide bonds. The lowest BCUT2D eigenvalue weighted by Crippen LogP contribution is -2.32. The molecule has 232 valence electrons. The van der Waals surface area contributed by atoms with Gasteiger partial charge in [-0.25, -0.2) is 23.7 Å². The third-order valence-electron chi connectivity index (χ3n) is 9.77. The smallest absolute Gasteiger partial charge is 0.164 e. The molecule has 9 rings (SSSR count). The van der Waals surface area contributed by atoms with Gasteiger partial charge in [-0.15, -0.1) is 0 Å². The van der Waals surface area contributed by atoms with Crippen LogP contribution < -0.4 is 10.6 Å². The second-order valence-electron chi connectivity index (χ2n) is 13.4. The van der Waals surface area contributed by atoms with Gasteiger partial charge in [0.25, 0.3) is 0 Å². The minimum Gasteiger partial charge on any atom is -0.355 e. The number of rotatable bonds is 4. The van der Waals surface area contributed by atoms with Crippen molar-refractivity contribution in [1.29, 1.82) is 0 Å². The van der Waals surface area contributed by atoms with Gasteiger partial charge in [0.15, 0.2) is 17.5 Å². The zero-order valence-corrected chi connectivity index (χ0v) is 26.4. The highest BCUT2D eigenvalue weighted by atomic mass is 19.1. The van der Waals surface area contributed by atoms with Gasteiger partial charge in [0, 0.05) is 38.9 Å². The zero-order chi connectivity index (χ0) is 32.6. The average molecular weight is 629 g/mol. The Morgan fingerprint density at radius 2 is 1.23 bits per heavy atom. The number of H-pyrrole nitrogens is 1. The fourth-order valence-corrected chi connectivity index (χ4v) is 7.49. The SMILES string of the molecule is CC1(C)CC(c2ccc(-c3nc(-c4ccc(F)cc4)nc(-c4ccc(F)cc4)n3)cc2)C=c2[nH]c3cc4c(cc3c21)-c1ccccc1C=4. The molecule has 2 aliphatic rings. The molecule has 2 aliphatic carbocycles. The minimum atomic E-state index is -0.336. The maximum atomic E-state index is 13.7. The van der Waals surface area contributed by atoms with Crippen LogP contribution in [0, 0.1) is 11.6 Å². The first kappa shape index (κ1) is 28.5. The van der Waals surface area contributed by atoms with Crippen molar-refractivity contribution in [3.05, 3.63) is 148 Å². The van der Waals surface area contributed by atoms with Gasteiger partial charge in [0.2, 0.25) is 0 Å². The predicted molar refractivity (Wildman–Crippen MR) is 187 cm³/mol. The molecule has 4 nitrogen and oxygen atoms in total. The summed E-state index contributed by atoms with van der Waals surface area (Å²) in [5, 5.41) is 3.75. The van der Waals surface area contributed by atoms with Crippen molar-refractivity contribution in [3.63, 3.8) is 0 Å². The van der Waals surface area contributed by atoms with Crippen molar-refractivity contribution >= 4 is 23.1 Å². The van der Waals surface area contributed by atoms with E-state index in [0.29, 0.717) is 28.6 Å². The summed E-state index contributed by atoms with van der Waals surface area (Å²) < 4.78 is 27.4. The number of benzene rings is 5. The van der Waals surface area contributed by atoms with Crippen molar-refractivity contribution in [2.24, 2.45) is 0 Å². The normalized spacial score (nSPS) is 15.7. The molecule has 0 spiro atoms. The first-order valence-corrected chi connectivity index (χ1v) is 16.2. The van der Waals surface area contributed by atoms with E-state index in [-0.39, 0.29) is 23.0 Å². The number of halogens is 2. The van der Waals surface area contributed by atoms with Gasteiger partial charge in [0.05, 0.1) is 0 Å². The van der Waals surface area contributed by atoms with Crippen LogP contribution in [-0.2, 0) is 5.41 Å². The molecule has 2 aromatic heterocycles. The molecular formula is C42H30F2N4. The van der Waals surface area contributed by atoms with E-state index in [1.165, 1.54) is 73.6 Å². The monoisotopic (exact) mass is 628 g/mol. The van der Waals surface area contributed by atoms with Crippen LogP contribution in [0.25, 0.3) is 68.3 Å². The third kappa shape index (κ3) is 4.75. The molecule has 0 saturated carbocycles. The molecule has 0 radical (unpaired) electrons. The summed E-state index contributed by atoms with van der Waals surface area (Å²) in [5.74, 6) is 0.882. The maximum Gasteiger partial charge on any atom is 0.164 e. The summed E-state index contributed by atoms with van der Waals surface area (Å²) >= 11 is 0. The van der Waals surface area contributed by atoms with Crippen molar-refractivity contribution in [2.75, 3.05) is 0 Å². The van der Waals surface area contributed by atoms with Gasteiger partial charge in [-0.3, -0.25) is 0 Å². The van der Waals surface area contributed by atoms with Crippen molar-refractivity contribution in [2.45, 2.75) is 31.6 Å². The first-order chi connectivity index (χ1) is 23.3. The van der Waals surface area contributed by atoms with E-state index in [2.05, 4.69) is 84.5 Å². The van der Waals surface area contributed by atoms with Crippen molar-refractivity contribution < 1.29 is 8.78 Å². The second-order valence-corrected chi connectivity index (χ2v) is 13.4. The number of aromatic nitrogens is 4. The lowest BCUT2D eigenvalue weighted by Gasteiger charge is -2.32. The number of hydrogen-bond acceptors (Lipinski definition) is 3. The lowest BCUT2D eigenvalue weighted by atomic mass is 9.71. The summed E-state index contributed by atoms with van der Waals surface area (Å²) in [6, 6.07) is 33.8. The van der Waals surface area contributed by atoms with Gasteiger partial charge < -0.3 is 4.98 Å². The molecular weight excluding hydrogens is 598 g/mol. The molecule has 0 aliphatic heterocycles. The number of nitrogens with zero attached hydrogens (tertiary/aromatic N) is 3. The third-order valence-corrected chi connectivity index (χ3v) is 9.77. The van der Waals surface area contributed by atoms with E-state index in [1.54, 1.807) is 24.3 Å². The van der Waals surface area contributed by atoms with Crippen LogP contribution >= 0.6 is 0 Å². The van der Waals surface area contributed by atoms with Crippen LogP contribution in [0.2, 0.25) is 0 Å². The van der Waals surface area contributed by atoms with E-state index < -0.39 is 0 Å². The fourth-order valence-electron chi connectivity index (χ4n) is 7.49. The van der Waals surface area contributed by atoms with Gasteiger partial charge in [-0.05, 0) is 112 Å². The number of aromatic amines is 1. The Kier molecular flexibility index (Phi) is 6.31. The highest BCUT2D eigenvalue weighted by Crippen LogP contribution is 2.42. The molecule has 7 aromatic rings. The summed E-state index contributed by atoms with van der Waals surface area (Å²) in [5.41, 5.74) is 9.76. The largest absolute Gasteiger partial charge is 0.355 e. The van der Waals surface area contributed by atoms with Gasteiger partial charge in [-0.2, -0.15) is 0 Å². The fraction of sp³-hybridized carbons (Fsp3) is 0.119. The standard InChI is InChI=1S/C42H30F2N4/c1-42(2)23-30(21-37-38(42)35-22-34-29(20-36(35)45-37)19-28-5-3-4-6-33(28)34)24-7-9-25(10-8-24)39-46-40(26-11-15-31(43)16-12-26)48-41(47-39)27-13-17-32(44)18-14-27/h3-22,30,45H,23H2,1-2H3.